The van der Waals surface area contributed by atoms with Crippen LogP contribution in [0.1, 0.15) is 5.56 Å². The molecule has 0 aliphatic heterocycles. The summed E-state index contributed by atoms with van der Waals surface area (Å²) in [6, 6.07) is 0. The smallest absolute Gasteiger partial charge is 0.148 e. The molecule has 1 aromatic rings. The van der Waals surface area contributed by atoms with Crippen molar-refractivity contribution in [2.75, 3.05) is 25.6 Å². The summed E-state index contributed by atoms with van der Waals surface area (Å²) in [6.45, 7) is 1.27. The standard InChI is InChI=1S/C9H17N3O2S/c1-11(4-5-15(3,13)14)7-9-6-10-12(2)8-9/h6,8H,4-5,7H2,1-3H3. The first kappa shape index (κ1) is 12.2. The van der Waals surface area contributed by atoms with Crippen LogP contribution in [0.5, 0.6) is 0 Å². The van der Waals surface area contributed by atoms with Crippen LogP contribution in [0, 0.1) is 0 Å². The maximum atomic E-state index is 10.9. The summed E-state index contributed by atoms with van der Waals surface area (Å²) >= 11 is 0. The lowest BCUT2D eigenvalue weighted by Crippen LogP contribution is -2.24. The summed E-state index contributed by atoms with van der Waals surface area (Å²) in [5.41, 5.74) is 1.09. The number of nitrogens with zero attached hydrogens (tertiary/aromatic N) is 3. The van der Waals surface area contributed by atoms with Gasteiger partial charge in [0.05, 0.1) is 11.9 Å². The quantitative estimate of drug-likeness (QED) is 0.710. The predicted octanol–water partition coefficient (Wildman–Crippen LogP) is -0.103. The van der Waals surface area contributed by atoms with E-state index in [1.165, 1.54) is 6.26 Å². The summed E-state index contributed by atoms with van der Waals surface area (Å²) in [6.07, 6.45) is 4.97. The van der Waals surface area contributed by atoms with Gasteiger partial charge >= 0.3 is 0 Å². The van der Waals surface area contributed by atoms with E-state index in [1.54, 1.807) is 10.9 Å². The van der Waals surface area contributed by atoms with E-state index in [0.29, 0.717) is 6.54 Å². The average Bonchev–Trinajstić information content (AvgIpc) is 2.47. The molecule has 1 aromatic heterocycles. The molecule has 15 heavy (non-hydrogen) atoms. The lowest BCUT2D eigenvalue weighted by Gasteiger charge is -2.14. The Balaban J connectivity index is 2.40. The van der Waals surface area contributed by atoms with Crippen LogP contribution in [0.25, 0.3) is 0 Å². The maximum absolute atomic E-state index is 10.9. The van der Waals surface area contributed by atoms with Crippen molar-refractivity contribution in [2.24, 2.45) is 7.05 Å². The highest BCUT2D eigenvalue weighted by atomic mass is 32.2. The van der Waals surface area contributed by atoms with E-state index in [2.05, 4.69) is 5.10 Å². The molecule has 0 spiro atoms. The third-order valence-corrected chi connectivity index (χ3v) is 2.98. The van der Waals surface area contributed by atoms with E-state index >= 15 is 0 Å². The molecule has 0 fully saturated rings. The zero-order chi connectivity index (χ0) is 11.5. The molecule has 0 amide bonds. The SMILES string of the molecule is CN(CCS(C)(=O)=O)Cc1cnn(C)c1. The molecular formula is C9H17N3O2S. The van der Waals surface area contributed by atoms with E-state index in [0.717, 1.165) is 12.1 Å². The molecule has 1 heterocycles. The van der Waals surface area contributed by atoms with Gasteiger partial charge in [-0.15, -0.1) is 0 Å². The molecule has 6 heteroatoms. The summed E-state index contributed by atoms with van der Waals surface area (Å²) in [7, 11) is 0.893. The predicted molar refractivity (Wildman–Crippen MR) is 59.3 cm³/mol. The van der Waals surface area contributed by atoms with E-state index in [1.807, 2.05) is 25.2 Å². The Bertz CT molecular complexity index is 411. The van der Waals surface area contributed by atoms with Crippen LogP contribution in [0.4, 0.5) is 0 Å². The van der Waals surface area contributed by atoms with Gasteiger partial charge in [-0.1, -0.05) is 0 Å². The van der Waals surface area contributed by atoms with E-state index in [9.17, 15) is 8.42 Å². The second-order valence-corrected chi connectivity index (χ2v) is 6.15. The van der Waals surface area contributed by atoms with Gasteiger partial charge in [-0.05, 0) is 7.05 Å². The monoisotopic (exact) mass is 231 g/mol. The summed E-state index contributed by atoms with van der Waals surface area (Å²) in [4.78, 5) is 1.97. The van der Waals surface area contributed by atoms with Crippen LogP contribution in [0.3, 0.4) is 0 Å². The highest BCUT2D eigenvalue weighted by Gasteiger charge is 2.06. The highest BCUT2D eigenvalue weighted by Crippen LogP contribution is 2.01. The Morgan fingerprint density at radius 3 is 2.67 bits per heavy atom. The Kier molecular flexibility index (Phi) is 3.87. The number of hydrogen-bond acceptors (Lipinski definition) is 4. The van der Waals surface area contributed by atoms with Crippen LogP contribution >= 0.6 is 0 Å². The van der Waals surface area contributed by atoms with Crippen LogP contribution < -0.4 is 0 Å². The number of rotatable bonds is 5. The van der Waals surface area contributed by atoms with Crippen molar-refractivity contribution in [3.8, 4) is 0 Å². The molecule has 0 bridgehead atoms. The Morgan fingerprint density at radius 2 is 2.20 bits per heavy atom. The molecule has 0 saturated carbocycles. The molecule has 0 radical (unpaired) electrons. The molecule has 0 aliphatic carbocycles. The van der Waals surface area contributed by atoms with E-state index < -0.39 is 9.84 Å². The van der Waals surface area contributed by atoms with Gasteiger partial charge in [-0.25, -0.2) is 8.42 Å². The molecule has 0 atom stereocenters. The second-order valence-electron chi connectivity index (χ2n) is 3.89. The fourth-order valence-corrected chi connectivity index (χ4v) is 1.91. The largest absolute Gasteiger partial charge is 0.301 e. The van der Waals surface area contributed by atoms with Crippen molar-refractivity contribution in [1.82, 2.24) is 14.7 Å². The molecule has 0 N–H and O–H groups in total. The van der Waals surface area contributed by atoms with Crippen molar-refractivity contribution < 1.29 is 8.42 Å². The van der Waals surface area contributed by atoms with E-state index in [-0.39, 0.29) is 5.75 Å². The van der Waals surface area contributed by atoms with Gasteiger partial charge < -0.3 is 4.90 Å². The average molecular weight is 231 g/mol. The Labute approximate surface area is 90.6 Å². The molecule has 86 valence electrons. The fourth-order valence-electron chi connectivity index (χ4n) is 1.27. The topological polar surface area (TPSA) is 55.2 Å². The van der Waals surface area contributed by atoms with Gasteiger partial charge in [-0.2, -0.15) is 5.10 Å². The Hall–Kier alpha value is -0.880. The molecule has 0 unspecified atom stereocenters. The van der Waals surface area contributed by atoms with Crippen molar-refractivity contribution >= 4 is 9.84 Å². The fraction of sp³-hybridized carbons (Fsp3) is 0.667. The lowest BCUT2D eigenvalue weighted by molar-refractivity contribution is 0.346. The lowest BCUT2D eigenvalue weighted by atomic mass is 10.3. The van der Waals surface area contributed by atoms with Gasteiger partial charge in [0.1, 0.15) is 9.84 Å². The molecule has 5 nitrogen and oxygen atoms in total. The van der Waals surface area contributed by atoms with Crippen LogP contribution in [-0.4, -0.2) is 48.7 Å². The van der Waals surface area contributed by atoms with Crippen molar-refractivity contribution in [3.63, 3.8) is 0 Å². The first-order valence-corrected chi connectivity index (χ1v) is 6.76. The first-order valence-electron chi connectivity index (χ1n) is 4.70. The molecule has 0 aromatic carbocycles. The van der Waals surface area contributed by atoms with Crippen LogP contribution in [0.2, 0.25) is 0 Å². The van der Waals surface area contributed by atoms with Crippen LogP contribution in [0.15, 0.2) is 12.4 Å². The third kappa shape index (κ3) is 4.94. The Morgan fingerprint density at radius 1 is 1.53 bits per heavy atom. The summed E-state index contributed by atoms with van der Waals surface area (Å²) < 4.78 is 23.6. The third-order valence-electron chi connectivity index (χ3n) is 2.05. The number of sulfone groups is 1. The first-order chi connectivity index (χ1) is 6.87. The second kappa shape index (κ2) is 4.76. The minimum Gasteiger partial charge on any atom is -0.301 e. The van der Waals surface area contributed by atoms with Crippen molar-refractivity contribution in [1.29, 1.82) is 0 Å². The molecular weight excluding hydrogens is 214 g/mol. The number of aryl methyl sites for hydroxylation is 1. The van der Waals surface area contributed by atoms with Gasteiger partial charge in [0.2, 0.25) is 0 Å². The molecule has 0 aliphatic rings. The highest BCUT2D eigenvalue weighted by molar-refractivity contribution is 7.90. The molecule has 1 rings (SSSR count). The van der Waals surface area contributed by atoms with Crippen molar-refractivity contribution in [3.05, 3.63) is 18.0 Å². The normalized spacial score (nSPS) is 12.3. The van der Waals surface area contributed by atoms with Gasteiger partial charge in [0, 0.05) is 38.2 Å². The number of hydrogen-bond donors (Lipinski definition) is 0. The maximum Gasteiger partial charge on any atom is 0.148 e. The minimum atomic E-state index is -2.87. The molecule has 0 saturated heterocycles. The number of aromatic nitrogens is 2. The van der Waals surface area contributed by atoms with Gasteiger partial charge in [0.25, 0.3) is 0 Å². The van der Waals surface area contributed by atoms with Crippen LogP contribution in [-0.2, 0) is 23.4 Å². The zero-order valence-electron chi connectivity index (χ0n) is 9.34. The van der Waals surface area contributed by atoms with Gasteiger partial charge in [0.15, 0.2) is 0 Å². The van der Waals surface area contributed by atoms with E-state index in [4.69, 9.17) is 0 Å². The van der Waals surface area contributed by atoms with Crippen molar-refractivity contribution in [2.45, 2.75) is 6.54 Å². The summed E-state index contributed by atoms with van der Waals surface area (Å²) in [5, 5.41) is 4.05. The zero-order valence-corrected chi connectivity index (χ0v) is 10.2. The summed E-state index contributed by atoms with van der Waals surface area (Å²) in [5.74, 6) is 0.198. The minimum absolute atomic E-state index is 0.198. The van der Waals surface area contributed by atoms with Gasteiger partial charge in [-0.3, -0.25) is 4.68 Å².